The van der Waals surface area contributed by atoms with Crippen molar-refractivity contribution < 1.29 is 49.0 Å². The first-order valence-electron chi connectivity index (χ1n) is 7.95. The van der Waals surface area contributed by atoms with Crippen molar-refractivity contribution in [1.29, 1.82) is 0 Å². The van der Waals surface area contributed by atoms with E-state index in [1.165, 1.54) is 27.8 Å². The topological polar surface area (TPSA) is 9.23 Å². The van der Waals surface area contributed by atoms with Crippen molar-refractivity contribution in [1.82, 2.24) is 0 Å². The summed E-state index contributed by atoms with van der Waals surface area (Å²) < 4.78 is 5.94. The Morgan fingerprint density at radius 3 is 1.96 bits per heavy atom. The van der Waals surface area contributed by atoms with E-state index >= 15 is 0 Å². The van der Waals surface area contributed by atoms with Crippen LogP contribution in [0.15, 0.2) is 24.3 Å². The van der Waals surface area contributed by atoms with E-state index in [9.17, 15) is 0 Å². The molecule has 0 fully saturated rings. The van der Waals surface area contributed by atoms with E-state index in [0.717, 1.165) is 12.2 Å². The molecule has 0 bridgehead atoms. The molecule has 0 saturated carbocycles. The number of rotatable bonds is 2. The molecular weight excluding hydrogens is 375 g/mol. The molecule has 24 heavy (non-hydrogen) atoms. The Bertz CT molecular complexity index is 647. The molecule has 0 atom stereocenters. The zero-order chi connectivity index (χ0) is 16.7. The number of hydrogen-bond donors (Lipinski definition) is 0. The second kappa shape index (κ2) is 8.45. The van der Waals surface area contributed by atoms with Crippen LogP contribution in [-0.4, -0.2) is 0 Å². The molecule has 0 radical (unpaired) electrons. The van der Waals surface area contributed by atoms with Gasteiger partial charge in [0.2, 0.25) is 0 Å². The molecule has 4 heteroatoms. The molecule has 0 saturated heterocycles. The van der Waals surface area contributed by atoms with E-state index in [1.54, 1.807) is 20.8 Å². The quantitative estimate of drug-likeness (QED) is 0.622. The molecule has 0 amide bonds. The average Bonchev–Trinajstić information content (AvgIpc) is 2.88. The van der Waals surface area contributed by atoms with Crippen LogP contribution in [0.4, 0.5) is 0 Å². The first-order chi connectivity index (χ1) is 10.1. The van der Waals surface area contributed by atoms with Crippen LogP contribution in [0, 0.1) is 6.92 Å². The molecule has 0 aliphatic heterocycles. The minimum absolute atomic E-state index is 0. The molecule has 1 aliphatic rings. The summed E-state index contributed by atoms with van der Waals surface area (Å²) in [6.45, 7) is 15.8. The maximum Gasteiger partial charge on any atom is -1.00 e. The summed E-state index contributed by atoms with van der Waals surface area (Å²) in [5, 5.41) is 0. The van der Waals surface area contributed by atoms with Gasteiger partial charge in [0, 0.05) is 0 Å². The van der Waals surface area contributed by atoms with Crippen LogP contribution in [0.3, 0.4) is 0 Å². The van der Waals surface area contributed by atoms with E-state index in [0.29, 0.717) is 0 Å². The minimum Gasteiger partial charge on any atom is -1.00 e. The Labute approximate surface area is 172 Å². The van der Waals surface area contributed by atoms with E-state index in [-0.39, 0.29) is 35.6 Å². The van der Waals surface area contributed by atoms with Crippen LogP contribution in [-0.2, 0) is 31.7 Å². The van der Waals surface area contributed by atoms with Crippen LogP contribution in [0.2, 0.25) is 0 Å². The number of hydrogen-bond acceptors (Lipinski definition) is 1. The summed E-state index contributed by atoms with van der Waals surface area (Å²) in [4.78, 5) is 0. The van der Waals surface area contributed by atoms with Gasteiger partial charge in [-0.05, 0) is 0 Å². The molecule has 2 rings (SSSR count). The number of aryl methyl sites for hydroxylation is 1. The summed E-state index contributed by atoms with van der Waals surface area (Å²) in [6.07, 6.45) is 7.65. The van der Waals surface area contributed by atoms with Crippen molar-refractivity contribution in [2.45, 2.75) is 65.7 Å². The molecule has 1 aliphatic carbocycles. The Hall–Kier alpha value is -0.206. The Morgan fingerprint density at radius 2 is 1.58 bits per heavy atom. The van der Waals surface area contributed by atoms with Gasteiger partial charge in [0.1, 0.15) is 0 Å². The summed E-state index contributed by atoms with van der Waals surface area (Å²) in [5.41, 5.74) is 6.88. The fraction of sp³-hybridized carbons (Fsp3) is 0.500. The first kappa shape index (κ1) is 23.8. The maximum absolute atomic E-state index is 5.94. The SMILES string of the molecule is Cc1cc(C(C)(C)C)c([O][Ti+2])c(C(C)(C)C)c1C1=CC=CC1.[Cl-].[Cl-]. The van der Waals surface area contributed by atoms with Gasteiger partial charge in [-0.3, -0.25) is 0 Å². The summed E-state index contributed by atoms with van der Waals surface area (Å²) >= 11 is 1.81. The molecule has 0 heterocycles. The van der Waals surface area contributed by atoms with Crippen molar-refractivity contribution in [3.63, 3.8) is 0 Å². The molecule has 0 spiro atoms. The van der Waals surface area contributed by atoms with Crippen molar-refractivity contribution in [2.24, 2.45) is 0 Å². The smallest absolute Gasteiger partial charge is 1.00 e. The third-order valence-corrected chi connectivity index (χ3v) is 4.55. The monoisotopic (exact) mass is 401 g/mol. The fourth-order valence-corrected chi connectivity index (χ4v) is 3.56. The van der Waals surface area contributed by atoms with Crippen molar-refractivity contribution in [3.8, 4) is 5.75 Å². The maximum atomic E-state index is 5.94. The second-order valence-electron chi connectivity index (χ2n) is 8.25. The van der Waals surface area contributed by atoms with Gasteiger partial charge in [-0.15, -0.1) is 0 Å². The van der Waals surface area contributed by atoms with E-state index in [4.69, 9.17) is 3.32 Å². The predicted octanol–water partition coefficient (Wildman–Crippen LogP) is -0.218. The normalized spacial score (nSPS) is 14.0. The van der Waals surface area contributed by atoms with E-state index in [1.807, 2.05) is 0 Å². The van der Waals surface area contributed by atoms with E-state index < -0.39 is 0 Å². The number of allylic oxidation sites excluding steroid dienone is 4. The Morgan fingerprint density at radius 1 is 1.00 bits per heavy atom. The fourth-order valence-electron chi connectivity index (χ4n) is 3.22. The van der Waals surface area contributed by atoms with Crippen molar-refractivity contribution in [2.75, 3.05) is 0 Å². The third-order valence-electron chi connectivity index (χ3n) is 4.23. The van der Waals surface area contributed by atoms with E-state index in [2.05, 4.69) is 72.8 Å². The van der Waals surface area contributed by atoms with Gasteiger partial charge in [0.05, 0.1) is 0 Å². The van der Waals surface area contributed by atoms with Crippen molar-refractivity contribution in [3.05, 3.63) is 46.5 Å². The summed E-state index contributed by atoms with van der Waals surface area (Å²) in [7, 11) is 0. The summed E-state index contributed by atoms with van der Waals surface area (Å²) in [6, 6.07) is 2.32. The van der Waals surface area contributed by atoms with Crippen LogP contribution >= 0.6 is 0 Å². The molecule has 1 aromatic rings. The second-order valence-corrected chi connectivity index (χ2v) is 8.57. The largest absolute Gasteiger partial charge is 1.00 e. The van der Waals surface area contributed by atoms with Crippen LogP contribution in [0.25, 0.3) is 5.57 Å². The molecule has 131 valence electrons. The van der Waals surface area contributed by atoms with Crippen LogP contribution < -0.4 is 28.1 Å². The Balaban J connectivity index is 0.00000264. The van der Waals surface area contributed by atoms with Crippen molar-refractivity contribution >= 4 is 5.57 Å². The third kappa shape index (κ3) is 4.70. The Kier molecular flexibility index (Phi) is 8.38. The van der Waals surface area contributed by atoms with Crippen LogP contribution in [0.1, 0.15) is 70.2 Å². The first-order valence-corrected chi connectivity index (χ1v) is 8.59. The zero-order valence-corrected chi connectivity index (χ0v) is 18.8. The molecular formula is C20H27Cl2OTi. The van der Waals surface area contributed by atoms with Gasteiger partial charge < -0.3 is 24.8 Å². The van der Waals surface area contributed by atoms with Gasteiger partial charge in [0.25, 0.3) is 0 Å². The number of benzene rings is 1. The predicted molar refractivity (Wildman–Crippen MR) is 90.9 cm³/mol. The van der Waals surface area contributed by atoms with Gasteiger partial charge in [-0.2, -0.15) is 0 Å². The zero-order valence-electron chi connectivity index (χ0n) is 15.7. The molecule has 1 aromatic carbocycles. The minimum atomic E-state index is 0. The van der Waals surface area contributed by atoms with Gasteiger partial charge in [-0.25, -0.2) is 0 Å². The summed E-state index contributed by atoms with van der Waals surface area (Å²) in [5.74, 6) is 1.06. The standard InChI is InChI=1S/C20H28O.2ClH.Ti/c1-13-12-15(19(2,3)4)18(21)17(20(5,6)7)16(13)14-10-8-9-11-14;;;/h8-10,12,21H,11H2,1-7H3;2*1H;/q;;;+3/p-3. The molecule has 0 unspecified atom stereocenters. The average molecular weight is 402 g/mol. The van der Waals surface area contributed by atoms with Gasteiger partial charge in [0.15, 0.2) is 0 Å². The van der Waals surface area contributed by atoms with Crippen LogP contribution in [0.5, 0.6) is 5.75 Å². The molecule has 0 N–H and O–H groups in total. The molecule has 0 aromatic heterocycles. The molecule has 1 nitrogen and oxygen atoms in total. The number of halogens is 2. The van der Waals surface area contributed by atoms with Gasteiger partial charge in [-0.1, -0.05) is 0 Å². The van der Waals surface area contributed by atoms with Gasteiger partial charge >= 0.3 is 148 Å².